The molecule has 1 aliphatic rings. The molecule has 1 aliphatic heterocycles. The van der Waals surface area contributed by atoms with E-state index in [4.69, 9.17) is 4.42 Å². The molecular weight excluding hydrogens is 538 g/mol. The van der Waals surface area contributed by atoms with Crippen LogP contribution in [0.25, 0.3) is 0 Å². The molecule has 0 saturated carbocycles. The summed E-state index contributed by atoms with van der Waals surface area (Å²) in [6.07, 6.45) is 6.39. The fourth-order valence-electron chi connectivity index (χ4n) is 4.30. The zero-order valence-electron chi connectivity index (χ0n) is 22.3. The molecule has 0 bridgehead atoms. The molecule has 1 atom stereocenters. The highest BCUT2D eigenvalue weighted by Gasteiger charge is 2.34. The van der Waals surface area contributed by atoms with E-state index in [1.54, 1.807) is 42.2 Å². The minimum atomic E-state index is -2.85. The first-order valence-corrected chi connectivity index (χ1v) is 14.9. The van der Waals surface area contributed by atoms with E-state index in [1.165, 1.54) is 31.0 Å². The van der Waals surface area contributed by atoms with Crippen molar-refractivity contribution in [2.75, 3.05) is 37.0 Å². The Balaban J connectivity index is 1.38. The molecule has 0 radical (unpaired) electrons. The molecule has 2 amide bonds. The fraction of sp³-hybridized carbons (Fsp3) is 0.345. The molecule has 1 N–H and O–H groups in total. The molecule has 40 heavy (non-hydrogen) atoms. The van der Waals surface area contributed by atoms with E-state index in [2.05, 4.69) is 26.5 Å². The number of likely N-dealkylation sites (tertiary alicyclic amines) is 1. The first-order chi connectivity index (χ1) is 19.0. The number of hydrogen-bond donors (Lipinski definition) is 1. The standard InChI is InChI=1S/C29H30F2N4O4S/c1-21-10-14-39-26(21)28(37)33-25-7-3-6-22(17-25)8-9-23-16-24(19-32-18-23)27(36)34-40(2,38)15-5-13-35-12-4-11-29(30,31)20-35/h3,6-7,10,14,16-19H,4-5,11-13,15,20H2,1-2H3,(H,33,37)/t40-/m1/s1. The molecule has 0 spiro atoms. The number of benzene rings is 1. The molecule has 0 unspecified atom stereocenters. The number of aryl methyl sites for hydroxylation is 1. The maximum absolute atomic E-state index is 13.6. The van der Waals surface area contributed by atoms with Crippen molar-refractivity contribution in [2.45, 2.75) is 32.1 Å². The van der Waals surface area contributed by atoms with Crippen molar-refractivity contribution in [3.05, 3.63) is 83.1 Å². The number of anilines is 1. The highest BCUT2D eigenvalue weighted by molar-refractivity contribution is 7.93. The number of furan rings is 1. The number of nitrogens with zero attached hydrogens (tertiary/aromatic N) is 3. The molecule has 1 saturated heterocycles. The summed E-state index contributed by atoms with van der Waals surface area (Å²) in [5.41, 5.74) is 2.49. The van der Waals surface area contributed by atoms with Crippen molar-refractivity contribution in [2.24, 2.45) is 4.36 Å². The predicted molar refractivity (Wildman–Crippen MR) is 149 cm³/mol. The minimum Gasteiger partial charge on any atom is -0.459 e. The molecule has 4 rings (SSSR count). The Bertz CT molecular complexity index is 1580. The van der Waals surface area contributed by atoms with Crippen LogP contribution in [0.1, 0.15) is 56.9 Å². The number of piperidine rings is 1. The van der Waals surface area contributed by atoms with Gasteiger partial charge in [0.1, 0.15) is 0 Å². The number of halogens is 2. The summed E-state index contributed by atoms with van der Waals surface area (Å²) in [4.78, 5) is 30.8. The van der Waals surface area contributed by atoms with Crippen LogP contribution >= 0.6 is 0 Å². The molecule has 8 nitrogen and oxygen atoms in total. The molecule has 1 aromatic carbocycles. The summed E-state index contributed by atoms with van der Waals surface area (Å²) < 4.78 is 49.2. The fourth-order valence-corrected chi connectivity index (χ4v) is 5.52. The highest BCUT2D eigenvalue weighted by atomic mass is 32.2. The Morgan fingerprint density at radius 3 is 2.75 bits per heavy atom. The molecule has 1 fully saturated rings. The Labute approximate surface area is 232 Å². The lowest BCUT2D eigenvalue weighted by molar-refractivity contribution is -0.0636. The van der Waals surface area contributed by atoms with Gasteiger partial charge in [0.25, 0.3) is 17.7 Å². The van der Waals surface area contributed by atoms with E-state index < -0.39 is 21.6 Å². The van der Waals surface area contributed by atoms with E-state index in [0.717, 1.165) is 5.56 Å². The van der Waals surface area contributed by atoms with Gasteiger partial charge in [-0.25, -0.2) is 13.0 Å². The van der Waals surface area contributed by atoms with Gasteiger partial charge < -0.3 is 9.73 Å². The molecule has 2 aromatic heterocycles. The normalized spacial score (nSPS) is 16.3. The van der Waals surface area contributed by atoms with Gasteiger partial charge >= 0.3 is 0 Å². The van der Waals surface area contributed by atoms with Crippen LogP contribution in [-0.2, 0) is 9.73 Å². The summed E-state index contributed by atoms with van der Waals surface area (Å²) >= 11 is 0. The average molecular weight is 569 g/mol. The topological polar surface area (TPSA) is 105 Å². The van der Waals surface area contributed by atoms with Gasteiger partial charge in [-0.1, -0.05) is 17.9 Å². The van der Waals surface area contributed by atoms with Crippen LogP contribution in [0.3, 0.4) is 0 Å². The second-order valence-corrected chi connectivity index (χ2v) is 12.3. The van der Waals surface area contributed by atoms with Crippen LogP contribution in [-0.4, -0.2) is 63.5 Å². The van der Waals surface area contributed by atoms with Crippen LogP contribution in [0.15, 0.2) is 63.8 Å². The Hall–Kier alpha value is -3.88. The molecule has 210 valence electrons. The number of aromatic nitrogens is 1. The number of alkyl halides is 2. The van der Waals surface area contributed by atoms with Crippen LogP contribution in [0.4, 0.5) is 14.5 Å². The van der Waals surface area contributed by atoms with Gasteiger partial charge in [-0.15, -0.1) is 0 Å². The summed E-state index contributed by atoms with van der Waals surface area (Å²) in [6, 6.07) is 10.2. The van der Waals surface area contributed by atoms with Crippen LogP contribution in [0.2, 0.25) is 0 Å². The van der Waals surface area contributed by atoms with Crippen LogP contribution < -0.4 is 5.32 Å². The van der Waals surface area contributed by atoms with Gasteiger partial charge in [-0.3, -0.25) is 19.5 Å². The lowest BCUT2D eigenvalue weighted by atomic mass is 10.1. The maximum Gasteiger partial charge on any atom is 0.291 e. The monoisotopic (exact) mass is 568 g/mol. The third kappa shape index (κ3) is 8.31. The Kier molecular flexibility index (Phi) is 9.12. The number of hydrogen-bond acceptors (Lipinski definition) is 6. The average Bonchev–Trinajstić information content (AvgIpc) is 3.33. The quantitative estimate of drug-likeness (QED) is 0.403. The molecule has 11 heteroatoms. The van der Waals surface area contributed by atoms with Crippen molar-refractivity contribution in [3.63, 3.8) is 0 Å². The first-order valence-electron chi connectivity index (χ1n) is 12.8. The second kappa shape index (κ2) is 12.5. The van der Waals surface area contributed by atoms with Gasteiger partial charge in [0.05, 0.1) is 28.1 Å². The van der Waals surface area contributed by atoms with Gasteiger partial charge in [0.2, 0.25) is 0 Å². The van der Waals surface area contributed by atoms with Crippen LogP contribution in [0.5, 0.6) is 0 Å². The van der Waals surface area contributed by atoms with Gasteiger partial charge in [0.15, 0.2) is 5.76 Å². The van der Waals surface area contributed by atoms with Crippen molar-refractivity contribution in [1.29, 1.82) is 0 Å². The number of carbonyl (C=O) groups is 2. The Morgan fingerprint density at radius 2 is 2.00 bits per heavy atom. The molecular formula is C29H30F2N4O4S. The number of carbonyl (C=O) groups excluding carboxylic acids is 2. The van der Waals surface area contributed by atoms with E-state index in [0.29, 0.717) is 42.7 Å². The summed E-state index contributed by atoms with van der Waals surface area (Å²) in [7, 11) is -2.85. The SMILES string of the molecule is Cc1ccoc1C(=O)Nc1cccc(C#Cc2cncc(C(=O)N=[S@](C)(=O)CCCN3CCCC(F)(F)C3)c2)c1. The lowest BCUT2D eigenvalue weighted by Gasteiger charge is -2.32. The number of amides is 2. The molecule has 3 heterocycles. The third-order valence-electron chi connectivity index (χ3n) is 6.27. The molecule has 0 aliphatic carbocycles. The minimum absolute atomic E-state index is 0.105. The number of nitrogens with one attached hydrogen (secondary N) is 1. The van der Waals surface area contributed by atoms with Crippen molar-refractivity contribution in [3.8, 4) is 11.8 Å². The zero-order valence-corrected chi connectivity index (χ0v) is 23.1. The smallest absolute Gasteiger partial charge is 0.291 e. The summed E-state index contributed by atoms with van der Waals surface area (Å²) in [5, 5.41) is 2.77. The van der Waals surface area contributed by atoms with Gasteiger partial charge in [0, 0.05) is 53.2 Å². The van der Waals surface area contributed by atoms with Crippen LogP contribution in [0, 0.1) is 18.8 Å². The van der Waals surface area contributed by atoms with E-state index in [-0.39, 0.29) is 35.9 Å². The van der Waals surface area contributed by atoms with Crippen molar-refractivity contribution >= 4 is 27.2 Å². The van der Waals surface area contributed by atoms with Crippen molar-refractivity contribution < 1.29 is 27.0 Å². The van der Waals surface area contributed by atoms with E-state index in [9.17, 15) is 22.6 Å². The highest BCUT2D eigenvalue weighted by Crippen LogP contribution is 2.26. The third-order valence-corrected chi connectivity index (χ3v) is 7.87. The first kappa shape index (κ1) is 29.1. The Morgan fingerprint density at radius 1 is 1.20 bits per heavy atom. The molecule has 3 aromatic rings. The van der Waals surface area contributed by atoms with Gasteiger partial charge in [-0.2, -0.15) is 4.36 Å². The zero-order chi connectivity index (χ0) is 28.8. The number of pyridine rings is 1. The largest absolute Gasteiger partial charge is 0.459 e. The summed E-state index contributed by atoms with van der Waals surface area (Å²) in [5.74, 6) is 2.54. The van der Waals surface area contributed by atoms with Crippen molar-refractivity contribution in [1.82, 2.24) is 9.88 Å². The van der Waals surface area contributed by atoms with Gasteiger partial charge in [-0.05, 0) is 63.2 Å². The maximum atomic E-state index is 13.6. The van der Waals surface area contributed by atoms with E-state index >= 15 is 0 Å². The van der Waals surface area contributed by atoms with E-state index in [1.807, 2.05) is 0 Å². The second-order valence-electron chi connectivity index (χ2n) is 9.83. The summed E-state index contributed by atoms with van der Waals surface area (Å²) in [6.45, 7) is 2.45. The predicted octanol–water partition coefficient (Wildman–Crippen LogP) is 4.99. The lowest BCUT2D eigenvalue weighted by Crippen LogP contribution is -2.43. The number of rotatable bonds is 7.